The maximum Gasteiger partial charge on any atom is 0.267 e. The first-order chi connectivity index (χ1) is 13.1. The fourth-order valence-corrected chi connectivity index (χ4v) is 2.73. The normalized spacial score (nSPS) is 10.9. The molecule has 134 valence electrons. The molecule has 0 fully saturated rings. The Morgan fingerprint density at radius 1 is 1.07 bits per heavy atom. The molecule has 4 aromatic rings. The Balaban J connectivity index is 1.79. The molecular weight excluding hydrogens is 346 g/mol. The van der Waals surface area contributed by atoms with Crippen molar-refractivity contribution in [2.75, 3.05) is 0 Å². The monoisotopic (exact) mass is 361 g/mol. The highest BCUT2D eigenvalue weighted by Crippen LogP contribution is 2.29. The first kappa shape index (κ1) is 16.7. The van der Waals surface area contributed by atoms with E-state index in [0.29, 0.717) is 34.0 Å². The van der Waals surface area contributed by atoms with Gasteiger partial charge in [-0.15, -0.1) is 0 Å². The van der Waals surface area contributed by atoms with Gasteiger partial charge in [0.2, 0.25) is 0 Å². The van der Waals surface area contributed by atoms with E-state index in [1.165, 1.54) is 12.3 Å². The minimum atomic E-state index is -0.418. The van der Waals surface area contributed by atoms with Crippen LogP contribution in [-0.2, 0) is 6.54 Å². The zero-order valence-electron chi connectivity index (χ0n) is 14.5. The molecule has 1 aromatic carbocycles. The molecule has 0 radical (unpaired) electrons. The third-order valence-corrected chi connectivity index (χ3v) is 4.04. The van der Waals surface area contributed by atoms with Crippen LogP contribution >= 0.6 is 0 Å². The van der Waals surface area contributed by atoms with Gasteiger partial charge in [-0.3, -0.25) is 9.59 Å². The van der Waals surface area contributed by atoms with Gasteiger partial charge in [0.05, 0.1) is 17.5 Å². The molecule has 27 heavy (non-hydrogen) atoms. The van der Waals surface area contributed by atoms with Gasteiger partial charge >= 0.3 is 0 Å². The van der Waals surface area contributed by atoms with Gasteiger partial charge in [0, 0.05) is 17.7 Å². The second-order valence-electron chi connectivity index (χ2n) is 6.00. The number of furan rings is 1. The van der Waals surface area contributed by atoms with E-state index in [-0.39, 0.29) is 12.3 Å². The number of carbonyl (C=O) groups excluding carboxylic acids is 1. The number of rotatable bonds is 5. The Morgan fingerprint density at radius 3 is 2.56 bits per heavy atom. The number of aromatic nitrogens is 3. The van der Waals surface area contributed by atoms with Gasteiger partial charge in [0.25, 0.3) is 5.56 Å². The van der Waals surface area contributed by atoms with Crippen molar-refractivity contribution < 1.29 is 13.7 Å². The van der Waals surface area contributed by atoms with E-state index >= 15 is 0 Å². The molecule has 0 aliphatic heterocycles. The molecule has 0 N–H and O–H groups in total. The molecular formula is C20H15N3O4. The van der Waals surface area contributed by atoms with Crippen LogP contribution in [0.15, 0.2) is 74.6 Å². The summed E-state index contributed by atoms with van der Waals surface area (Å²) in [5, 5.41) is 8.23. The summed E-state index contributed by atoms with van der Waals surface area (Å²) in [7, 11) is 0. The molecule has 0 saturated heterocycles. The number of Topliss-reactive ketones (excluding diaryl/α,β-unsaturated/α-hetero) is 1. The summed E-state index contributed by atoms with van der Waals surface area (Å²) in [6.07, 6.45) is 1.51. The smallest absolute Gasteiger partial charge is 0.267 e. The standard InChI is InChI=1S/C20H15N3O4/c1-13-10-18(27-22-13)15-11-19(25)23(21-20(15)17-8-5-9-26-17)12-16(24)14-6-3-2-4-7-14/h2-11H,12H2,1H3. The van der Waals surface area contributed by atoms with E-state index in [9.17, 15) is 9.59 Å². The van der Waals surface area contributed by atoms with E-state index in [4.69, 9.17) is 8.94 Å². The highest BCUT2D eigenvalue weighted by Gasteiger charge is 2.19. The number of aryl methyl sites for hydroxylation is 1. The molecule has 4 rings (SSSR count). The van der Waals surface area contributed by atoms with Crippen LogP contribution in [0.5, 0.6) is 0 Å². The van der Waals surface area contributed by atoms with Crippen LogP contribution in [0, 0.1) is 6.92 Å². The summed E-state index contributed by atoms with van der Waals surface area (Å²) in [4.78, 5) is 25.0. The number of hydrogen-bond donors (Lipinski definition) is 0. The fraction of sp³-hybridized carbons (Fsp3) is 0.100. The third kappa shape index (κ3) is 3.35. The van der Waals surface area contributed by atoms with Gasteiger partial charge in [0.1, 0.15) is 12.2 Å². The van der Waals surface area contributed by atoms with Crippen molar-refractivity contribution in [2.45, 2.75) is 13.5 Å². The lowest BCUT2D eigenvalue weighted by Crippen LogP contribution is -2.27. The topological polar surface area (TPSA) is 91.1 Å². The fourth-order valence-electron chi connectivity index (χ4n) is 2.73. The number of benzene rings is 1. The van der Waals surface area contributed by atoms with Gasteiger partial charge in [-0.1, -0.05) is 35.5 Å². The van der Waals surface area contributed by atoms with Crippen LogP contribution in [0.2, 0.25) is 0 Å². The lowest BCUT2D eigenvalue weighted by Gasteiger charge is -2.09. The molecule has 0 aliphatic carbocycles. The molecule has 7 heteroatoms. The van der Waals surface area contributed by atoms with E-state index in [0.717, 1.165) is 4.68 Å². The molecule has 0 spiro atoms. The van der Waals surface area contributed by atoms with E-state index < -0.39 is 5.56 Å². The van der Waals surface area contributed by atoms with Crippen LogP contribution < -0.4 is 5.56 Å². The first-order valence-corrected chi connectivity index (χ1v) is 8.30. The summed E-state index contributed by atoms with van der Waals surface area (Å²) >= 11 is 0. The van der Waals surface area contributed by atoms with Crippen molar-refractivity contribution in [3.63, 3.8) is 0 Å². The van der Waals surface area contributed by atoms with Crippen LogP contribution in [0.3, 0.4) is 0 Å². The Hall–Kier alpha value is -3.74. The lowest BCUT2D eigenvalue weighted by molar-refractivity contribution is 0.0966. The second-order valence-corrected chi connectivity index (χ2v) is 6.00. The zero-order valence-corrected chi connectivity index (χ0v) is 14.5. The second kappa shape index (κ2) is 6.87. The summed E-state index contributed by atoms with van der Waals surface area (Å²) in [6.45, 7) is 1.61. The van der Waals surface area contributed by atoms with Crippen LogP contribution in [0.25, 0.3) is 22.8 Å². The molecule has 3 heterocycles. The minimum absolute atomic E-state index is 0.174. The maximum absolute atomic E-state index is 12.6. The van der Waals surface area contributed by atoms with Crippen molar-refractivity contribution in [2.24, 2.45) is 0 Å². The van der Waals surface area contributed by atoms with Crippen molar-refractivity contribution in [1.29, 1.82) is 0 Å². The largest absolute Gasteiger partial charge is 0.463 e. The quantitative estimate of drug-likeness (QED) is 0.506. The van der Waals surface area contributed by atoms with Crippen LogP contribution in [0.1, 0.15) is 16.1 Å². The summed E-state index contributed by atoms with van der Waals surface area (Å²) in [6, 6.07) is 15.3. The highest BCUT2D eigenvalue weighted by molar-refractivity contribution is 5.95. The molecule has 3 aromatic heterocycles. The van der Waals surface area contributed by atoms with Crippen molar-refractivity contribution >= 4 is 5.78 Å². The average Bonchev–Trinajstić information content (AvgIpc) is 3.35. The van der Waals surface area contributed by atoms with Crippen molar-refractivity contribution in [3.8, 4) is 22.8 Å². The summed E-state index contributed by atoms with van der Waals surface area (Å²) in [5.74, 6) is 0.656. The lowest BCUT2D eigenvalue weighted by atomic mass is 10.1. The van der Waals surface area contributed by atoms with Gasteiger partial charge in [-0.05, 0) is 19.1 Å². The van der Waals surface area contributed by atoms with Gasteiger partial charge < -0.3 is 8.94 Å². The Bertz CT molecular complexity index is 1140. The van der Waals surface area contributed by atoms with Crippen molar-refractivity contribution in [1.82, 2.24) is 14.9 Å². The first-order valence-electron chi connectivity index (χ1n) is 8.30. The number of carbonyl (C=O) groups is 1. The summed E-state index contributed by atoms with van der Waals surface area (Å²) < 4.78 is 11.9. The Kier molecular flexibility index (Phi) is 4.25. The molecule has 0 unspecified atom stereocenters. The van der Waals surface area contributed by atoms with Crippen LogP contribution in [0.4, 0.5) is 0 Å². The van der Waals surface area contributed by atoms with E-state index in [1.54, 1.807) is 49.4 Å². The van der Waals surface area contributed by atoms with Gasteiger partial charge in [-0.25, -0.2) is 4.68 Å². The molecule has 0 amide bonds. The molecule has 0 aliphatic rings. The predicted octanol–water partition coefficient (Wildman–Crippen LogP) is 3.35. The van der Waals surface area contributed by atoms with Gasteiger partial charge in [0.15, 0.2) is 17.3 Å². The minimum Gasteiger partial charge on any atom is -0.463 e. The zero-order chi connectivity index (χ0) is 18.8. The Labute approximate surface area is 153 Å². The van der Waals surface area contributed by atoms with Crippen LogP contribution in [-0.4, -0.2) is 20.7 Å². The third-order valence-electron chi connectivity index (χ3n) is 4.04. The van der Waals surface area contributed by atoms with Gasteiger partial charge in [-0.2, -0.15) is 5.10 Å². The predicted molar refractivity (Wildman–Crippen MR) is 97.2 cm³/mol. The molecule has 0 saturated carbocycles. The van der Waals surface area contributed by atoms with Crippen molar-refractivity contribution in [3.05, 3.63) is 82.5 Å². The van der Waals surface area contributed by atoms with E-state index in [2.05, 4.69) is 10.3 Å². The number of ketones is 1. The summed E-state index contributed by atoms with van der Waals surface area (Å²) in [5.41, 5.74) is 1.63. The number of hydrogen-bond acceptors (Lipinski definition) is 6. The Morgan fingerprint density at radius 2 is 1.89 bits per heavy atom. The highest BCUT2D eigenvalue weighted by atomic mass is 16.5. The maximum atomic E-state index is 12.6. The SMILES string of the molecule is Cc1cc(-c2cc(=O)n(CC(=O)c3ccccc3)nc2-c2ccco2)on1. The average molecular weight is 361 g/mol. The molecule has 0 atom stereocenters. The number of nitrogens with zero attached hydrogens (tertiary/aromatic N) is 3. The van der Waals surface area contributed by atoms with E-state index in [1.807, 2.05) is 6.07 Å². The molecule has 0 bridgehead atoms. The molecule has 7 nitrogen and oxygen atoms in total.